The van der Waals surface area contributed by atoms with Crippen molar-refractivity contribution in [2.45, 2.75) is 43.9 Å². The maximum Gasteiger partial charge on any atom is 0.119 e. The van der Waals surface area contributed by atoms with E-state index in [2.05, 4.69) is 22.9 Å². The molecule has 0 aliphatic carbocycles. The molecule has 2 heteroatoms. The molecule has 0 N–H and O–H groups in total. The lowest BCUT2D eigenvalue weighted by Crippen LogP contribution is -1.89. The van der Waals surface area contributed by atoms with Crippen molar-refractivity contribution in [3.05, 3.63) is 0 Å². The second-order valence-electron chi connectivity index (χ2n) is 2.59. The molecule has 0 aromatic heterocycles. The standard InChI is InChI=1S/C8H15BrO/c1-8(9)6-4-2-3-5-7-10/h7-8H,2-6H2,1H3. The molecule has 0 aliphatic heterocycles. The molecule has 0 spiro atoms. The van der Waals surface area contributed by atoms with Gasteiger partial charge in [0.1, 0.15) is 6.29 Å². The lowest BCUT2D eigenvalue weighted by molar-refractivity contribution is -0.107. The summed E-state index contributed by atoms with van der Waals surface area (Å²) in [6.07, 6.45) is 6.44. The van der Waals surface area contributed by atoms with Crippen LogP contribution < -0.4 is 0 Å². The molecule has 0 radical (unpaired) electrons. The molecule has 0 bridgehead atoms. The van der Waals surface area contributed by atoms with Gasteiger partial charge in [-0.05, 0) is 12.8 Å². The molecule has 0 heterocycles. The molecule has 0 amide bonds. The van der Waals surface area contributed by atoms with Crippen LogP contribution in [-0.4, -0.2) is 11.1 Å². The molecule has 0 aromatic carbocycles. The Morgan fingerprint density at radius 2 is 2.10 bits per heavy atom. The summed E-state index contributed by atoms with van der Waals surface area (Å²) in [6, 6.07) is 0. The van der Waals surface area contributed by atoms with Gasteiger partial charge in [-0.2, -0.15) is 0 Å². The maximum absolute atomic E-state index is 9.89. The van der Waals surface area contributed by atoms with Gasteiger partial charge in [0, 0.05) is 11.2 Å². The summed E-state index contributed by atoms with van der Waals surface area (Å²) in [7, 11) is 0. The van der Waals surface area contributed by atoms with Gasteiger partial charge in [-0.3, -0.25) is 0 Å². The van der Waals surface area contributed by atoms with E-state index in [1.165, 1.54) is 19.3 Å². The van der Waals surface area contributed by atoms with E-state index in [9.17, 15) is 4.79 Å². The molecule has 1 unspecified atom stereocenters. The first-order valence-corrected chi connectivity index (χ1v) is 4.76. The smallest absolute Gasteiger partial charge is 0.119 e. The zero-order valence-electron chi connectivity index (χ0n) is 6.48. The normalized spacial score (nSPS) is 13.0. The molecule has 0 saturated heterocycles. The average Bonchev–Trinajstić information content (AvgIpc) is 1.87. The number of aldehydes is 1. The van der Waals surface area contributed by atoms with E-state index in [0.29, 0.717) is 4.83 Å². The Balaban J connectivity index is 2.83. The predicted molar refractivity (Wildman–Crippen MR) is 47.5 cm³/mol. The highest BCUT2D eigenvalue weighted by Crippen LogP contribution is 2.10. The second-order valence-corrected chi connectivity index (χ2v) is 4.15. The molecule has 0 rings (SSSR count). The molecule has 1 atom stereocenters. The van der Waals surface area contributed by atoms with E-state index in [-0.39, 0.29) is 0 Å². The first kappa shape index (κ1) is 10.2. The average molecular weight is 207 g/mol. The number of halogens is 1. The fraction of sp³-hybridized carbons (Fsp3) is 0.875. The summed E-state index contributed by atoms with van der Waals surface area (Å²) in [5.74, 6) is 0. The molecule has 1 nitrogen and oxygen atoms in total. The van der Waals surface area contributed by atoms with E-state index in [0.717, 1.165) is 19.1 Å². The van der Waals surface area contributed by atoms with Gasteiger partial charge >= 0.3 is 0 Å². The number of carbonyl (C=O) groups excluding carboxylic acids is 1. The van der Waals surface area contributed by atoms with Crippen LogP contribution in [0.1, 0.15) is 39.0 Å². The Morgan fingerprint density at radius 1 is 1.40 bits per heavy atom. The van der Waals surface area contributed by atoms with Crippen molar-refractivity contribution in [1.29, 1.82) is 0 Å². The van der Waals surface area contributed by atoms with Crippen LogP contribution >= 0.6 is 15.9 Å². The fourth-order valence-electron chi connectivity index (χ4n) is 0.830. The first-order valence-electron chi connectivity index (χ1n) is 3.85. The van der Waals surface area contributed by atoms with Crippen LogP contribution in [0.2, 0.25) is 0 Å². The number of hydrogen-bond donors (Lipinski definition) is 0. The zero-order valence-corrected chi connectivity index (χ0v) is 8.06. The second kappa shape index (κ2) is 7.26. The molecule has 0 saturated carbocycles. The molecular formula is C8H15BrO. The lowest BCUT2D eigenvalue weighted by atomic mass is 10.1. The van der Waals surface area contributed by atoms with Gasteiger partial charge in [-0.25, -0.2) is 0 Å². The molecule has 0 fully saturated rings. The summed E-state index contributed by atoms with van der Waals surface area (Å²) < 4.78 is 0. The summed E-state index contributed by atoms with van der Waals surface area (Å²) >= 11 is 3.47. The van der Waals surface area contributed by atoms with Gasteiger partial charge in [0.15, 0.2) is 0 Å². The van der Waals surface area contributed by atoms with Crippen LogP contribution in [0.25, 0.3) is 0 Å². The van der Waals surface area contributed by atoms with Crippen molar-refractivity contribution < 1.29 is 4.79 Å². The Hall–Kier alpha value is 0.150. The molecular weight excluding hydrogens is 192 g/mol. The summed E-state index contributed by atoms with van der Waals surface area (Å²) in [4.78, 5) is 10.5. The number of alkyl halides is 1. The van der Waals surface area contributed by atoms with Crippen molar-refractivity contribution in [2.24, 2.45) is 0 Å². The largest absolute Gasteiger partial charge is 0.303 e. The number of hydrogen-bond acceptors (Lipinski definition) is 1. The van der Waals surface area contributed by atoms with E-state index < -0.39 is 0 Å². The maximum atomic E-state index is 9.89. The summed E-state index contributed by atoms with van der Waals surface area (Å²) in [5.41, 5.74) is 0. The van der Waals surface area contributed by atoms with E-state index in [1.807, 2.05) is 0 Å². The summed E-state index contributed by atoms with van der Waals surface area (Å²) in [6.45, 7) is 2.15. The molecule has 0 aliphatic rings. The minimum atomic E-state index is 0.628. The Kier molecular flexibility index (Phi) is 7.37. The minimum absolute atomic E-state index is 0.628. The highest BCUT2D eigenvalue weighted by molar-refractivity contribution is 9.09. The van der Waals surface area contributed by atoms with E-state index >= 15 is 0 Å². The number of carbonyl (C=O) groups is 1. The van der Waals surface area contributed by atoms with Gasteiger partial charge in [0.05, 0.1) is 0 Å². The van der Waals surface area contributed by atoms with Gasteiger partial charge in [0.2, 0.25) is 0 Å². The van der Waals surface area contributed by atoms with Crippen LogP contribution in [0.15, 0.2) is 0 Å². The van der Waals surface area contributed by atoms with Gasteiger partial charge in [-0.15, -0.1) is 0 Å². The highest BCUT2D eigenvalue weighted by Gasteiger charge is 1.94. The molecule has 0 aromatic rings. The Morgan fingerprint density at radius 3 is 2.60 bits per heavy atom. The fourth-order valence-corrected chi connectivity index (χ4v) is 1.15. The minimum Gasteiger partial charge on any atom is -0.303 e. The summed E-state index contributed by atoms with van der Waals surface area (Å²) in [5, 5.41) is 0. The zero-order chi connectivity index (χ0) is 7.82. The van der Waals surface area contributed by atoms with Crippen LogP contribution in [-0.2, 0) is 4.79 Å². The Bertz CT molecular complexity index is 81.3. The predicted octanol–water partition coefficient (Wildman–Crippen LogP) is 2.92. The van der Waals surface area contributed by atoms with Crippen molar-refractivity contribution in [1.82, 2.24) is 0 Å². The first-order chi connectivity index (χ1) is 4.77. The van der Waals surface area contributed by atoms with Crippen molar-refractivity contribution in [3.63, 3.8) is 0 Å². The Labute approximate surface area is 71.3 Å². The number of rotatable bonds is 6. The number of unbranched alkanes of at least 4 members (excludes halogenated alkanes) is 3. The van der Waals surface area contributed by atoms with Crippen LogP contribution in [0.4, 0.5) is 0 Å². The third-order valence-corrected chi connectivity index (χ3v) is 1.88. The van der Waals surface area contributed by atoms with Crippen molar-refractivity contribution >= 4 is 22.2 Å². The topological polar surface area (TPSA) is 17.1 Å². The SMILES string of the molecule is CC(Br)CCCCCC=O. The van der Waals surface area contributed by atoms with Gasteiger partial charge in [0.25, 0.3) is 0 Å². The monoisotopic (exact) mass is 206 g/mol. The third-order valence-electron chi connectivity index (χ3n) is 1.42. The van der Waals surface area contributed by atoms with Gasteiger partial charge in [-0.1, -0.05) is 35.7 Å². The van der Waals surface area contributed by atoms with E-state index in [1.54, 1.807) is 0 Å². The van der Waals surface area contributed by atoms with Crippen LogP contribution in [0, 0.1) is 0 Å². The highest BCUT2D eigenvalue weighted by atomic mass is 79.9. The van der Waals surface area contributed by atoms with Crippen LogP contribution in [0.3, 0.4) is 0 Å². The molecule has 10 heavy (non-hydrogen) atoms. The van der Waals surface area contributed by atoms with Crippen molar-refractivity contribution in [3.8, 4) is 0 Å². The lowest BCUT2D eigenvalue weighted by Gasteiger charge is -2.00. The van der Waals surface area contributed by atoms with E-state index in [4.69, 9.17) is 0 Å². The molecule has 60 valence electrons. The third kappa shape index (κ3) is 8.15. The quantitative estimate of drug-likeness (QED) is 0.371. The van der Waals surface area contributed by atoms with Crippen LogP contribution in [0.5, 0.6) is 0 Å². The van der Waals surface area contributed by atoms with Gasteiger partial charge < -0.3 is 4.79 Å². The van der Waals surface area contributed by atoms with Crippen molar-refractivity contribution in [2.75, 3.05) is 0 Å².